The first-order valence-electron chi connectivity index (χ1n) is 23.7. The van der Waals surface area contributed by atoms with E-state index in [2.05, 4.69) is 235 Å². The highest BCUT2D eigenvalue weighted by Gasteiger charge is 2.43. The summed E-state index contributed by atoms with van der Waals surface area (Å²) >= 11 is 0. The standard InChI is InChI=1S/C61H50N6Si2/c1-68(2)54-37-21-17-33-48(54)66(49-34-18-22-38-55(49)68)52-41-45(61-63-59(43-25-9-5-10-26-43)62-60(64-61)44-27-11-6-12-28-44)42-53(58(52)65(46-29-13-7-14-30-46)47-31-15-8-16-32-47)67-50-35-19-23-39-56(50)69(3,4)57-40-24-20-36-51(57)67/h5-42H,1-4H3. The van der Waals surface area contributed by atoms with E-state index >= 15 is 0 Å². The Morgan fingerprint density at radius 3 is 0.913 bits per heavy atom. The fraction of sp³-hybridized carbons (Fsp3) is 0.0656. The van der Waals surface area contributed by atoms with Crippen LogP contribution in [0.15, 0.2) is 231 Å². The Labute approximate surface area is 406 Å². The Morgan fingerprint density at radius 2 is 0.580 bits per heavy atom. The van der Waals surface area contributed by atoms with Crippen molar-refractivity contribution in [2.45, 2.75) is 26.2 Å². The third kappa shape index (κ3) is 7.10. The van der Waals surface area contributed by atoms with Crippen molar-refractivity contribution in [2.75, 3.05) is 14.7 Å². The third-order valence-electron chi connectivity index (χ3n) is 14.0. The van der Waals surface area contributed by atoms with Crippen LogP contribution in [0, 0.1) is 0 Å². The van der Waals surface area contributed by atoms with E-state index in [4.69, 9.17) is 15.0 Å². The lowest BCUT2D eigenvalue weighted by molar-refractivity contribution is 1.07. The quantitative estimate of drug-likeness (QED) is 0.142. The molecule has 0 fully saturated rings. The first-order chi connectivity index (χ1) is 33.8. The van der Waals surface area contributed by atoms with Gasteiger partial charge in [0.2, 0.25) is 0 Å². The minimum atomic E-state index is -2.20. The molecule has 0 saturated carbocycles. The molecule has 8 heteroatoms. The maximum Gasteiger partial charge on any atom is 0.164 e. The highest BCUT2D eigenvalue weighted by molar-refractivity contribution is 7.03. The number of aromatic nitrogens is 3. The van der Waals surface area contributed by atoms with Crippen LogP contribution < -0.4 is 35.4 Å². The summed E-state index contributed by atoms with van der Waals surface area (Å²) in [5.41, 5.74) is 12.5. The summed E-state index contributed by atoms with van der Waals surface area (Å²) in [4.78, 5) is 23.5. The maximum atomic E-state index is 5.43. The van der Waals surface area contributed by atoms with E-state index in [0.29, 0.717) is 17.5 Å². The molecule has 0 spiro atoms. The molecule has 0 amide bonds. The summed E-state index contributed by atoms with van der Waals surface area (Å²) in [6, 6.07) is 83.1. The fourth-order valence-electron chi connectivity index (χ4n) is 10.7. The second-order valence-corrected chi connectivity index (χ2v) is 27.6. The Morgan fingerprint density at radius 1 is 0.304 bits per heavy atom. The van der Waals surface area contributed by atoms with Gasteiger partial charge in [0.25, 0.3) is 0 Å². The first-order valence-corrected chi connectivity index (χ1v) is 29.7. The van der Waals surface area contributed by atoms with Gasteiger partial charge in [-0.2, -0.15) is 0 Å². The van der Waals surface area contributed by atoms with Gasteiger partial charge in [0, 0.05) is 50.8 Å². The van der Waals surface area contributed by atoms with Gasteiger partial charge >= 0.3 is 0 Å². The van der Waals surface area contributed by atoms with Crippen molar-refractivity contribution in [2.24, 2.45) is 0 Å². The van der Waals surface area contributed by atoms with Crippen molar-refractivity contribution in [3.05, 3.63) is 231 Å². The van der Waals surface area contributed by atoms with E-state index in [0.717, 1.165) is 45.1 Å². The van der Waals surface area contributed by atoms with Gasteiger partial charge in [-0.1, -0.05) is 196 Å². The molecule has 12 rings (SSSR count). The average molecular weight is 923 g/mol. The number of benzene rings is 9. The predicted molar refractivity (Wildman–Crippen MR) is 294 cm³/mol. The monoisotopic (exact) mass is 922 g/mol. The van der Waals surface area contributed by atoms with Gasteiger partial charge < -0.3 is 14.7 Å². The zero-order chi connectivity index (χ0) is 46.7. The minimum Gasteiger partial charge on any atom is -0.308 e. The number of para-hydroxylation sites is 6. The van der Waals surface area contributed by atoms with Gasteiger partial charge in [0.05, 0.1) is 17.1 Å². The van der Waals surface area contributed by atoms with Gasteiger partial charge in [-0.25, -0.2) is 15.0 Å². The summed E-state index contributed by atoms with van der Waals surface area (Å²) in [6.07, 6.45) is 0. The summed E-state index contributed by atoms with van der Waals surface area (Å²) in [5.74, 6) is 1.82. The van der Waals surface area contributed by atoms with Crippen molar-refractivity contribution in [1.82, 2.24) is 15.0 Å². The van der Waals surface area contributed by atoms with Crippen LogP contribution in [0.5, 0.6) is 0 Å². The molecule has 0 unspecified atom stereocenters. The van der Waals surface area contributed by atoms with Crippen LogP contribution in [0.25, 0.3) is 34.2 Å². The zero-order valence-corrected chi connectivity index (χ0v) is 41.1. The van der Waals surface area contributed by atoms with Crippen LogP contribution in [-0.2, 0) is 0 Å². The van der Waals surface area contributed by atoms with Gasteiger partial charge in [-0.05, 0) is 81.4 Å². The molecule has 0 saturated heterocycles. The molecule has 0 N–H and O–H groups in total. The van der Waals surface area contributed by atoms with Gasteiger partial charge in [-0.15, -0.1) is 0 Å². The highest BCUT2D eigenvalue weighted by Crippen LogP contribution is 2.55. The van der Waals surface area contributed by atoms with Crippen molar-refractivity contribution in [3.8, 4) is 34.2 Å². The van der Waals surface area contributed by atoms with E-state index in [1.807, 2.05) is 36.4 Å². The van der Waals surface area contributed by atoms with E-state index in [-0.39, 0.29) is 0 Å². The van der Waals surface area contributed by atoms with Crippen molar-refractivity contribution < 1.29 is 0 Å². The topological polar surface area (TPSA) is 48.4 Å². The normalized spacial score (nSPS) is 14.0. The first kappa shape index (κ1) is 42.2. The number of nitrogens with zero attached hydrogens (tertiary/aromatic N) is 6. The van der Waals surface area contributed by atoms with Crippen LogP contribution >= 0.6 is 0 Å². The Hall–Kier alpha value is -8.18. The largest absolute Gasteiger partial charge is 0.308 e. The highest BCUT2D eigenvalue weighted by atomic mass is 28.3. The predicted octanol–water partition coefficient (Wildman–Crippen LogP) is 13.6. The van der Waals surface area contributed by atoms with Crippen molar-refractivity contribution in [1.29, 1.82) is 0 Å². The molecule has 0 bridgehead atoms. The molecule has 69 heavy (non-hydrogen) atoms. The van der Waals surface area contributed by atoms with Crippen LogP contribution in [-0.4, -0.2) is 31.1 Å². The fourth-order valence-corrected chi connectivity index (χ4v) is 16.6. The summed E-state index contributed by atoms with van der Waals surface area (Å²) < 4.78 is 0. The van der Waals surface area contributed by atoms with Gasteiger partial charge in [0.1, 0.15) is 16.1 Å². The van der Waals surface area contributed by atoms with Gasteiger partial charge in [-0.3, -0.25) is 0 Å². The van der Waals surface area contributed by atoms with Crippen LogP contribution in [0.4, 0.5) is 51.2 Å². The van der Waals surface area contributed by atoms with Crippen LogP contribution in [0.1, 0.15) is 0 Å². The molecule has 6 nitrogen and oxygen atoms in total. The molecular formula is C61H50N6Si2. The molecule has 1 aromatic heterocycles. The second kappa shape index (κ2) is 16.9. The van der Waals surface area contributed by atoms with E-state index in [9.17, 15) is 0 Å². The Kier molecular flexibility index (Phi) is 10.3. The van der Waals surface area contributed by atoms with Crippen molar-refractivity contribution >= 4 is 88.1 Å². The van der Waals surface area contributed by atoms with Crippen LogP contribution in [0.3, 0.4) is 0 Å². The van der Waals surface area contributed by atoms with E-state index < -0.39 is 16.1 Å². The van der Waals surface area contributed by atoms with E-state index in [1.54, 1.807) is 0 Å². The molecule has 0 aliphatic carbocycles. The maximum absolute atomic E-state index is 5.43. The zero-order valence-electron chi connectivity index (χ0n) is 39.1. The Bertz CT molecular complexity index is 3200. The molecule has 0 atom stereocenters. The number of anilines is 9. The number of hydrogen-bond donors (Lipinski definition) is 0. The number of fused-ring (bicyclic) bond motifs is 4. The number of hydrogen-bond acceptors (Lipinski definition) is 6. The van der Waals surface area contributed by atoms with Crippen molar-refractivity contribution in [3.63, 3.8) is 0 Å². The summed E-state index contributed by atoms with van der Waals surface area (Å²) in [7, 11) is -4.39. The molecule has 9 aromatic carbocycles. The van der Waals surface area contributed by atoms with Gasteiger partial charge in [0.15, 0.2) is 17.5 Å². The smallest absolute Gasteiger partial charge is 0.164 e. The third-order valence-corrected chi connectivity index (χ3v) is 21.1. The summed E-state index contributed by atoms with van der Waals surface area (Å²) in [6.45, 7) is 9.94. The Balaban J connectivity index is 1.28. The number of rotatable bonds is 8. The second-order valence-electron chi connectivity index (χ2n) is 18.9. The van der Waals surface area contributed by atoms with E-state index in [1.165, 1.54) is 43.5 Å². The lowest BCUT2D eigenvalue weighted by Gasteiger charge is -2.45. The lowest BCUT2D eigenvalue weighted by Crippen LogP contribution is -2.58. The van der Waals surface area contributed by atoms with Crippen LogP contribution in [0.2, 0.25) is 26.2 Å². The lowest BCUT2D eigenvalue weighted by atomic mass is 10.0. The molecule has 332 valence electrons. The SMILES string of the molecule is C[Si]1(C)c2ccccc2N(c2cc(-c3nc(-c4ccccc4)nc(-c4ccccc4)n3)cc(N3c4ccccc4[Si](C)(C)c4ccccc43)c2N(c2ccccc2)c2ccccc2)c2ccccc21. The molecule has 2 aliphatic heterocycles. The minimum absolute atomic E-state index is 0.587. The molecule has 10 aromatic rings. The molecule has 2 aliphatic rings. The average Bonchev–Trinajstić information content (AvgIpc) is 3.40. The summed E-state index contributed by atoms with van der Waals surface area (Å²) in [5, 5.41) is 5.53. The molecule has 0 radical (unpaired) electrons. The molecule has 3 heterocycles. The molecular weight excluding hydrogens is 873 g/mol.